The van der Waals surface area contributed by atoms with Crippen LogP contribution in [0.2, 0.25) is 0 Å². The molecule has 21 heavy (non-hydrogen) atoms. The topological polar surface area (TPSA) is 34.0 Å². The number of benzene rings is 1. The van der Waals surface area contributed by atoms with E-state index in [-0.39, 0.29) is 10.5 Å². The Kier molecular flexibility index (Phi) is 2.77. The van der Waals surface area contributed by atoms with Crippen molar-refractivity contribution in [2.45, 2.75) is 16.7 Å². The van der Waals surface area contributed by atoms with E-state index < -0.39 is 12.0 Å². The van der Waals surface area contributed by atoms with Crippen molar-refractivity contribution in [1.29, 1.82) is 0 Å². The number of nitrogens with zero attached hydrogens (tertiary/aromatic N) is 4. The maximum absolute atomic E-state index is 13.1. The predicted octanol–water partition coefficient (Wildman–Crippen LogP) is 3.59. The first-order valence-corrected chi connectivity index (χ1v) is 7.72. The SMILES string of the molecule is FC(F)(F)c1nnc2n1N1C(=CSC1c1ccccc1)S2. The van der Waals surface area contributed by atoms with Gasteiger partial charge in [-0.05, 0) is 17.3 Å². The minimum Gasteiger partial charge on any atom is -0.252 e. The summed E-state index contributed by atoms with van der Waals surface area (Å²) in [5.41, 5.74) is 0.934. The number of aromatic nitrogens is 3. The monoisotopic (exact) mass is 328 g/mol. The van der Waals surface area contributed by atoms with Crippen LogP contribution in [0.5, 0.6) is 0 Å². The molecule has 0 spiro atoms. The van der Waals surface area contributed by atoms with Gasteiger partial charge in [-0.25, -0.2) is 4.68 Å². The summed E-state index contributed by atoms with van der Waals surface area (Å²) >= 11 is 2.67. The van der Waals surface area contributed by atoms with Crippen LogP contribution in [0.25, 0.3) is 0 Å². The molecule has 1 aromatic carbocycles. The molecular formula is C12H7F3N4S2. The fourth-order valence-electron chi connectivity index (χ4n) is 2.26. The molecule has 4 rings (SSSR count). The van der Waals surface area contributed by atoms with E-state index in [4.69, 9.17) is 0 Å². The van der Waals surface area contributed by atoms with Crippen LogP contribution in [0, 0.1) is 0 Å². The number of thioether (sulfide) groups is 2. The second-order valence-electron chi connectivity index (χ2n) is 4.42. The minimum atomic E-state index is -4.53. The molecule has 4 nitrogen and oxygen atoms in total. The van der Waals surface area contributed by atoms with Gasteiger partial charge in [0.1, 0.15) is 10.4 Å². The highest BCUT2D eigenvalue weighted by atomic mass is 32.2. The van der Waals surface area contributed by atoms with Crippen LogP contribution < -0.4 is 5.01 Å². The zero-order valence-electron chi connectivity index (χ0n) is 10.3. The van der Waals surface area contributed by atoms with E-state index in [9.17, 15) is 13.2 Å². The lowest BCUT2D eigenvalue weighted by Crippen LogP contribution is -2.33. The molecule has 2 aliphatic rings. The zero-order chi connectivity index (χ0) is 14.6. The molecular weight excluding hydrogens is 321 g/mol. The van der Waals surface area contributed by atoms with Gasteiger partial charge in [0.2, 0.25) is 5.16 Å². The van der Waals surface area contributed by atoms with Crippen molar-refractivity contribution in [3.8, 4) is 0 Å². The van der Waals surface area contributed by atoms with Crippen LogP contribution in [0.1, 0.15) is 16.8 Å². The van der Waals surface area contributed by atoms with Crippen LogP contribution in [-0.2, 0) is 6.18 Å². The van der Waals surface area contributed by atoms with Crippen molar-refractivity contribution in [3.05, 3.63) is 52.2 Å². The van der Waals surface area contributed by atoms with E-state index in [1.807, 2.05) is 35.7 Å². The molecule has 2 aliphatic heterocycles. The van der Waals surface area contributed by atoms with E-state index in [2.05, 4.69) is 10.2 Å². The van der Waals surface area contributed by atoms with Gasteiger partial charge in [-0.15, -0.1) is 10.2 Å². The van der Waals surface area contributed by atoms with Gasteiger partial charge in [0.25, 0.3) is 5.82 Å². The standard InChI is InChI=1S/C12H7F3N4S2/c13-12(14,15)10-16-17-11-19(10)18-8(21-11)6-20-9(18)7-4-2-1-3-5-7/h1-6,9H. The molecule has 0 amide bonds. The summed E-state index contributed by atoms with van der Waals surface area (Å²) in [6.45, 7) is 0. The fraction of sp³-hybridized carbons (Fsp3) is 0.167. The first kappa shape index (κ1) is 13.1. The van der Waals surface area contributed by atoms with Crippen LogP contribution in [0.15, 0.2) is 45.9 Å². The van der Waals surface area contributed by atoms with Crippen molar-refractivity contribution < 1.29 is 13.2 Å². The van der Waals surface area contributed by atoms with Crippen LogP contribution in [0.4, 0.5) is 13.2 Å². The highest BCUT2D eigenvalue weighted by Crippen LogP contribution is 2.52. The lowest BCUT2D eigenvalue weighted by Gasteiger charge is -2.26. The summed E-state index contributed by atoms with van der Waals surface area (Å²) in [4.78, 5) is 0. The Bertz CT molecular complexity index is 726. The van der Waals surface area contributed by atoms with Crippen molar-refractivity contribution in [3.63, 3.8) is 0 Å². The molecule has 108 valence electrons. The molecule has 0 N–H and O–H groups in total. The van der Waals surface area contributed by atoms with E-state index in [0.29, 0.717) is 0 Å². The van der Waals surface area contributed by atoms with Crippen LogP contribution in [-0.4, -0.2) is 14.9 Å². The Morgan fingerprint density at radius 1 is 1.10 bits per heavy atom. The molecule has 0 saturated heterocycles. The molecule has 0 bridgehead atoms. The Labute approximate surface area is 126 Å². The van der Waals surface area contributed by atoms with E-state index >= 15 is 0 Å². The quantitative estimate of drug-likeness (QED) is 0.799. The maximum Gasteiger partial charge on any atom is 0.453 e. The van der Waals surface area contributed by atoms with Gasteiger partial charge in [0.05, 0.1) is 0 Å². The van der Waals surface area contributed by atoms with Gasteiger partial charge in [-0.1, -0.05) is 42.1 Å². The largest absolute Gasteiger partial charge is 0.453 e. The molecule has 0 radical (unpaired) electrons. The average Bonchev–Trinajstić information content (AvgIpc) is 3.08. The summed E-state index contributed by atoms with van der Waals surface area (Å²) in [6, 6.07) is 9.41. The Morgan fingerprint density at radius 3 is 2.57 bits per heavy atom. The summed E-state index contributed by atoms with van der Waals surface area (Å²) in [5.74, 6) is -0.989. The fourth-order valence-corrected chi connectivity index (χ4v) is 4.48. The third-order valence-corrected chi connectivity index (χ3v) is 5.30. The normalized spacial score (nSPS) is 20.4. The third kappa shape index (κ3) is 1.95. The molecule has 0 fully saturated rings. The van der Waals surface area contributed by atoms with Gasteiger partial charge in [0, 0.05) is 5.41 Å². The average molecular weight is 328 g/mol. The van der Waals surface area contributed by atoms with Gasteiger partial charge in [-0.2, -0.15) is 13.2 Å². The Hall–Kier alpha value is -1.61. The number of alkyl halides is 3. The highest BCUT2D eigenvalue weighted by molar-refractivity contribution is 8.07. The molecule has 1 aromatic heterocycles. The van der Waals surface area contributed by atoms with E-state index in [1.54, 1.807) is 5.01 Å². The third-order valence-electron chi connectivity index (χ3n) is 3.11. The molecule has 9 heteroatoms. The first-order valence-electron chi connectivity index (χ1n) is 5.96. The Balaban J connectivity index is 1.81. The summed E-state index contributed by atoms with van der Waals surface area (Å²) in [5, 5.41) is 11.1. The summed E-state index contributed by atoms with van der Waals surface area (Å²) < 4.78 is 40.3. The second-order valence-corrected chi connectivity index (χ2v) is 6.36. The van der Waals surface area contributed by atoms with Gasteiger partial charge >= 0.3 is 6.18 Å². The molecule has 1 atom stereocenters. The van der Waals surface area contributed by atoms with Crippen molar-refractivity contribution in [1.82, 2.24) is 14.9 Å². The summed E-state index contributed by atoms with van der Waals surface area (Å²) in [7, 11) is 0. The molecule has 2 aromatic rings. The second kappa shape index (κ2) is 4.44. The molecule has 1 unspecified atom stereocenters. The Morgan fingerprint density at radius 2 is 1.86 bits per heavy atom. The van der Waals surface area contributed by atoms with Crippen LogP contribution in [0.3, 0.4) is 0 Å². The van der Waals surface area contributed by atoms with Gasteiger partial charge in [-0.3, -0.25) is 5.01 Å². The molecule has 0 aliphatic carbocycles. The lowest BCUT2D eigenvalue weighted by molar-refractivity contribution is -0.147. The van der Waals surface area contributed by atoms with Crippen LogP contribution >= 0.6 is 23.5 Å². The van der Waals surface area contributed by atoms with Crippen molar-refractivity contribution in [2.75, 3.05) is 5.01 Å². The van der Waals surface area contributed by atoms with E-state index in [0.717, 1.165) is 15.3 Å². The predicted molar refractivity (Wildman–Crippen MR) is 74.0 cm³/mol. The van der Waals surface area contributed by atoms with Gasteiger partial charge in [0.15, 0.2) is 0 Å². The maximum atomic E-state index is 13.1. The molecule has 0 saturated carbocycles. The minimum absolute atomic E-state index is 0.243. The smallest absolute Gasteiger partial charge is 0.252 e. The number of halogens is 3. The van der Waals surface area contributed by atoms with Gasteiger partial charge < -0.3 is 0 Å². The highest BCUT2D eigenvalue weighted by Gasteiger charge is 2.46. The first-order chi connectivity index (χ1) is 10.1. The number of rotatable bonds is 1. The van der Waals surface area contributed by atoms with Crippen molar-refractivity contribution >= 4 is 23.5 Å². The van der Waals surface area contributed by atoms with Crippen molar-refractivity contribution in [2.24, 2.45) is 0 Å². The van der Waals surface area contributed by atoms with E-state index in [1.165, 1.54) is 23.5 Å². The number of fused-ring (bicyclic) bond motifs is 3. The molecule has 3 heterocycles. The number of hydrogen-bond acceptors (Lipinski definition) is 5. The lowest BCUT2D eigenvalue weighted by atomic mass is 10.2. The zero-order valence-corrected chi connectivity index (χ0v) is 11.9. The summed E-state index contributed by atoms with van der Waals surface area (Å²) in [6.07, 6.45) is -4.53. The number of hydrogen-bond donors (Lipinski definition) is 0.